The zero-order chi connectivity index (χ0) is 26.6. The van der Waals surface area contributed by atoms with E-state index in [4.69, 9.17) is 9.47 Å². The highest BCUT2D eigenvalue weighted by molar-refractivity contribution is 7.92. The van der Waals surface area contributed by atoms with Gasteiger partial charge in [-0.05, 0) is 81.1 Å². The first kappa shape index (κ1) is 27.1. The third-order valence-corrected chi connectivity index (χ3v) is 8.07. The van der Waals surface area contributed by atoms with Crippen molar-refractivity contribution in [2.45, 2.75) is 45.6 Å². The topological polar surface area (TPSA) is 84.9 Å². The third-order valence-electron chi connectivity index (χ3n) is 6.28. The molecule has 0 unspecified atom stereocenters. The highest BCUT2D eigenvalue weighted by Gasteiger charge is 2.28. The highest BCUT2D eigenvalue weighted by Crippen LogP contribution is 2.34. The summed E-state index contributed by atoms with van der Waals surface area (Å²) in [6.45, 7) is 9.45. The summed E-state index contributed by atoms with van der Waals surface area (Å²) in [6.07, 6.45) is 0. The molecule has 0 spiro atoms. The van der Waals surface area contributed by atoms with Crippen molar-refractivity contribution in [3.8, 4) is 11.5 Å². The molecule has 1 N–H and O–H groups in total. The van der Waals surface area contributed by atoms with Crippen molar-refractivity contribution in [2.75, 3.05) is 25.1 Å². The first-order valence-corrected chi connectivity index (χ1v) is 13.1. The molecule has 0 saturated heterocycles. The number of nitrogens with one attached hydrogen (secondary N) is 1. The van der Waals surface area contributed by atoms with Crippen LogP contribution in [0.2, 0.25) is 0 Å². The Morgan fingerprint density at radius 3 is 2.08 bits per heavy atom. The van der Waals surface area contributed by atoms with Crippen LogP contribution in [0.1, 0.15) is 40.8 Å². The molecule has 1 amide bonds. The number of sulfonamides is 1. The van der Waals surface area contributed by atoms with Crippen LogP contribution in [0.5, 0.6) is 11.5 Å². The quantitative estimate of drug-likeness (QED) is 0.437. The van der Waals surface area contributed by atoms with Gasteiger partial charge in [0.1, 0.15) is 6.54 Å². The van der Waals surface area contributed by atoms with Crippen LogP contribution >= 0.6 is 0 Å². The summed E-state index contributed by atoms with van der Waals surface area (Å²) in [5.41, 5.74) is 5.59. The van der Waals surface area contributed by atoms with E-state index in [0.29, 0.717) is 17.2 Å². The molecule has 0 radical (unpaired) electrons. The summed E-state index contributed by atoms with van der Waals surface area (Å²) in [5.74, 6) is 0.390. The number of hydrogen-bond donors (Lipinski definition) is 1. The van der Waals surface area contributed by atoms with Crippen LogP contribution in [-0.2, 0) is 14.8 Å². The van der Waals surface area contributed by atoms with Gasteiger partial charge in [-0.2, -0.15) is 0 Å². The third kappa shape index (κ3) is 5.82. The molecule has 7 nitrogen and oxygen atoms in total. The van der Waals surface area contributed by atoms with Crippen LogP contribution in [0, 0.1) is 27.7 Å². The monoisotopic (exact) mass is 510 g/mol. The molecule has 0 aliphatic carbocycles. The number of hydrogen-bond acceptors (Lipinski definition) is 5. The van der Waals surface area contributed by atoms with Crippen molar-refractivity contribution >= 4 is 21.6 Å². The second-order valence-electron chi connectivity index (χ2n) is 8.95. The smallest absolute Gasteiger partial charge is 0.264 e. The molecule has 3 rings (SSSR count). The molecule has 192 valence electrons. The Hall–Kier alpha value is -3.52. The molecule has 0 heterocycles. The van der Waals surface area contributed by atoms with E-state index < -0.39 is 22.5 Å². The number of carbonyl (C=O) groups is 1. The van der Waals surface area contributed by atoms with E-state index in [2.05, 4.69) is 17.4 Å². The number of rotatable bonds is 9. The molecule has 0 aliphatic rings. The van der Waals surface area contributed by atoms with Gasteiger partial charge in [-0.3, -0.25) is 9.10 Å². The lowest BCUT2D eigenvalue weighted by atomic mass is 9.96. The second-order valence-corrected chi connectivity index (χ2v) is 10.8. The fourth-order valence-corrected chi connectivity index (χ4v) is 5.49. The molecular weight excluding hydrogens is 476 g/mol. The molecule has 0 fully saturated rings. The largest absolute Gasteiger partial charge is 0.493 e. The van der Waals surface area contributed by atoms with Crippen molar-refractivity contribution in [3.05, 3.63) is 82.4 Å². The van der Waals surface area contributed by atoms with E-state index in [9.17, 15) is 13.2 Å². The predicted molar refractivity (Wildman–Crippen MR) is 142 cm³/mol. The van der Waals surface area contributed by atoms with E-state index in [1.54, 1.807) is 30.3 Å². The van der Waals surface area contributed by atoms with Gasteiger partial charge in [0.25, 0.3) is 10.0 Å². The van der Waals surface area contributed by atoms with Gasteiger partial charge in [-0.1, -0.05) is 29.8 Å². The van der Waals surface area contributed by atoms with Crippen LogP contribution in [0.15, 0.2) is 59.5 Å². The fourth-order valence-electron chi connectivity index (χ4n) is 4.08. The molecule has 0 aromatic heterocycles. The maximum absolute atomic E-state index is 13.7. The van der Waals surface area contributed by atoms with Crippen molar-refractivity contribution in [1.29, 1.82) is 0 Å². The fraction of sp³-hybridized carbons (Fsp3) is 0.321. The van der Waals surface area contributed by atoms with Crippen LogP contribution in [0.25, 0.3) is 0 Å². The Balaban J connectivity index is 1.97. The Kier molecular flexibility index (Phi) is 8.30. The molecule has 0 bridgehead atoms. The molecule has 1 atom stereocenters. The lowest BCUT2D eigenvalue weighted by molar-refractivity contribution is -0.120. The average Bonchev–Trinajstić information content (AvgIpc) is 2.84. The van der Waals surface area contributed by atoms with E-state index in [1.165, 1.54) is 31.9 Å². The van der Waals surface area contributed by atoms with Gasteiger partial charge in [0.2, 0.25) is 5.91 Å². The molecule has 3 aromatic carbocycles. The Bertz CT molecular complexity index is 1350. The summed E-state index contributed by atoms with van der Waals surface area (Å²) in [7, 11) is -1.08. The minimum atomic E-state index is -4.06. The number of ether oxygens (including phenoxy) is 2. The van der Waals surface area contributed by atoms with Gasteiger partial charge in [-0.15, -0.1) is 0 Å². The summed E-state index contributed by atoms with van der Waals surface area (Å²) in [5, 5.41) is 2.97. The number of nitrogens with zero attached hydrogens (tertiary/aromatic N) is 1. The van der Waals surface area contributed by atoms with Gasteiger partial charge in [0.15, 0.2) is 11.5 Å². The van der Waals surface area contributed by atoms with Crippen LogP contribution in [-0.4, -0.2) is 35.1 Å². The van der Waals surface area contributed by atoms with E-state index in [0.717, 1.165) is 26.6 Å². The molecule has 0 saturated carbocycles. The Morgan fingerprint density at radius 1 is 0.861 bits per heavy atom. The van der Waals surface area contributed by atoms with Gasteiger partial charge >= 0.3 is 0 Å². The zero-order valence-corrected chi connectivity index (χ0v) is 22.7. The van der Waals surface area contributed by atoms with E-state index in [-0.39, 0.29) is 10.9 Å². The lowest BCUT2D eigenvalue weighted by Crippen LogP contribution is -2.41. The summed E-state index contributed by atoms with van der Waals surface area (Å²) < 4.78 is 39.2. The summed E-state index contributed by atoms with van der Waals surface area (Å²) in [4.78, 5) is 13.3. The van der Waals surface area contributed by atoms with E-state index >= 15 is 0 Å². The minimum Gasteiger partial charge on any atom is -0.493 e. The molecule has 8 heteroatoms. The highest BCUT2D eigenvalue weighted by atomic mass is 32.2. The van der Waals surface area contributed by atoms with Crippen LogP contribution < -0.4 is 19.1 Å². The van der Waals surface area contributed by atoms with Crippen molar-refractivity contribution in [3.63, 3.8) is 0 Å². The predicted octanol–water partition coefficient (Wildman–Crippen LogP) is 5.01. The summed E-state index contributed by atoms with van der Waals surface area (Å²) >= 11 is 0. The maximum Gasteiger partial charge on any atom is 0.264 e. The molecule has 3 aromatic rings. The molecule has 36 heavy (non-hydrogen) atoms. The Morgan fingerprint density at radius 2 is 1.47 bits per heavy atom. The zero-order valence-electron chi connectivity index (χ0n) is 21.9. The van der Waals surface area contributed by atoms with Crippen molar-refractivity contribution in [2.24, 2.45) is 0 Å². The number of benzene rings is 3. The minimum absolute atomic E-state index is 0.0914. The number of anilines is 1. The lowest BCUT2D eigenvalue weighted by Gasteiger charge is -2.26. The number of carbonyl (C=O) groups excluding carboxylic acids is 1. The first-order chi connectivity index (χ1) is 17.0. The van der Waals surface area contributed by atoms with Gasteiger partial charge in [0.05, 0.1) is 30.8 Å². The van der Waals surface area contributed by atoms with Crippen LogP contribution in [0.3, 0.4) is 0 Å². The van der Waals surface area contributed by atoms with Gasteiger partial charge < -0.3 is 14.8 Å². The normalized spacial score (nSPS) is 12.1. The van der Waals surface area contributed by atoms with Crippen molar-refractivity contribution in [1.82, 2.24) is 5.32 Å². The van der Waals surface area contributed by atoms with E-state index in [1.807, 2.05) is 34.6 Å². The summed E-state index contributed by atoms with van der Waals surface area (Å²) in [6, 6.07) is 15.1. The maximum atomic E-state index is 13.7. The first-order valence-electron chi connectivity index (χ1n) is 11.7. The number of amides is 1. The number of aryl methyl sites for hydroxylation is 4. The SMILES string of the molecule is COc1ccc(N(CC(=O)N[C@H](C)c2cc(C)c(C)cc2C)S(=O)(=O)c2ccc(C)cc2)cc1OC. The second kappa shape index (κ2) is 11.0. The molecule has 0 aliphatic heterocycles. The average molecular weight is 511 g/mol. The van der Waals surface area contributed by atoms with Gasteiger partial charge in [-0.25, -0.2) is 8.42 Å². The standard InChI is InChI=1S/C28H34N2O5S/c1-18-8-11-24(12-9-18)36(32,33)30(23-10-13-26(34-6)27(16-23)35-7)17-28(31)29-22(5)25-15-20(3)19(2)14-21(25)4/h8-16,22H,17H2,1-7H3,(H,29,31)/t22-/m1/s1. The van der Waals surface area contributed by atoms with Crippen molar-refractivity contribution < 1.29 is 22.7 Å². The number of methoxy groups -OCH3 is 2. The van der Waals surface area contributed by atoms with Gasteiger partial charge in [0, 0.05) is 6.07 Å². The van der Waals surface area contributed by atoms with Crippen LogP contribution in [0.4, 0.5) is 5.69 Å². The molecular formula is C28H34N2O5S. The Labute approximate surface area is 214 Å².